The van der Waals surface area contributed by atoms with E-state index in [1.165, 1.54) is 4.80 Å². The van der Waals surface area contributed by atoms with Crippen LogP contribution in [0.2, 0.25) is 0 Å². The molecule has 0 saturated carbocycles. The Kier molecular flexibility index (Phi) is 5.17. The van der Waals surface area contributed by atoms with Crippen molar-refractivity contribution < 1.29 is 4.79 Å². The Balaban J connectivity index is 1.64. The van der Waals surface area contributed by atoms with Crippen LogP contribution >= 0.6 is 0 Å². The second kappa shape index (κ2) is 7.69. The largest absolute Gasteiger partial charge is 0.271 e. The molecular weight excluding hydrogens is 328 g/mol. The standard InChI is InChI=1S/C19H20N6O/c1-13-9-10-14(2)17(11-13)15(3)20-21-18(26)12-25-23-19(22-24-25)16-7-5-4-6-8-16/h4-11H,12H2,1-3H3,(H,21,26)/b20-15-. The van der Waals surface area contributed by atoms with Gasteiger partial charge in [0.15, 0.2) is 0 Å². The van der Waals surface area contributed by atoms with Gasteiger partial charge in [0.05, 0.1) is 5.71 Å². The van der Waals surface area contributed by atoms with Gasteiger partial charge < -0.3 is 0 Å². The van der Waals surface area contributed by atoms with Crippen molar-refractivity contribution >= 4 is 11.6 Å². The lowest BCUT2D eigenvalue weighted by molar-refractivity contribution is -0.122. The summed E-state index contributed by atoms with van der Waals surface area (Å²) in [6.45, 7) is 5.85. The van der Waals surface area contributed by atoms with E-state index >= 15 is 0 Å². The van der Waals surface area contributed by atoms with Gasteiger partial charge in [-0.05, 0) is 37.6 Å². The molecule has 0 unspecified atom stereocenters. The highest BCUT2D eigenvalue weighted by Crippen LogP contribution is 2.12. The van der Waals surface area contributed by atoms with Crippen LogP contribution in [-0.2, 0) is 11.3 Å². The summed E-state index contributed by atoms with van der Waals surface area (Å²) in [6.07, 6.45) is 0. The Morgan fingerprint density at radius 2 is 1.92 bits per heavy atom. The van der Waals surface area contributed by atoms with Crippen LogP contribution in [0.5, 0.6) is 0 Å². The molecule has 0 fully saturated rings. The van der Waals surface area contributed by atoms with Gasteiger partial charge in [-0.1, -0.05) is 48.0 Å². The first-order valence-electron chi connectivity index (χ1n) is 8.27. The summed E-state index contributed by atoms with van der Waals surface area (Å²) >= 11 is 0. The SMILES string of the molecule is C/C(=N/NC(=O)Cn1nnc(-c2ccccc2)n1)c1cc(C)ccc1C. The van der Waals surface area contributed by atoms with E-state index in [4.69, 9.17) is 0 Å². The first-order chi connectivity index (χ1) is 12.5. The molecule has 26 heavy (non-hydrogen) atoms. The molecule has 1 amide bonds. The number of tetrazole rings is 1. The zero-order valence-corrected chi connectivity index (χ0v) is 15.0. The quantitative estimate of drug-likeness (QED) is 0.567. The smallest absolute Gasteiger partial charge is 0.263 e. The van der Waals surface area contributed by atoms with Crippen LogP contribution in [0.25, 0.3) is 11.4 Å². The van der Waals surface area contributed by atoms with Crippen molar-refractivity contribution in [3.05, 3.63) is 65.2 Å². The van der Waals surface area contributed by atoms with E-state index in [2.05, 4.69) is 25.9 Å². The molecular formula is C19H20N6O. The van der Waals surface area contributed by atoms with E-state index in [1.54, 1.807) is 0 Å². The maximum Gasteiger partial charge on any atom is 0.263 e. The first kappa shape index (κ1) is 17.5. The van der Waals surface area contributed by atoms with Crippen molar-refractivity contribution in [2.24, 2.45) is 5.10 Å². The summed E-state index contributed by atoms with van der Waals surface area (Å²) in [4.78, 5) is 13.3. The van der Waals surface area contributed by atoms with Crippen LogP contribution in [-0.4, -0.2) is 31.8 Å². The topological polar surface area (TPSA) is 85.1 Å². The van der Waals surface area contributed by atoms with Gasteiger partial charge in [-0.15, -0.1) is 10.2 Å². The monoisotopic (exact) mass is 348 g/mol. The lowest BCUT2D eigenvalue weighted by Gasteiger charge is -2.07. The fraction of sp³-hybridized carbons (Fsp3) is 0.211. The van der Waals surface area contributed by atoms with Crippen LogP contribution in [0.1, 0.15) is 23.6 Å². The predicted octanol–water partition coefficient (Wildman–Crippen LogP) is 2.50. The number of amides is 1. The Morgan fingerprint density at radius 3 is 2.69 bits per heavy atom. The number of nitrogens with one attached hydrogen (secondary N) is 1. The number of hydrogen-bond donors (Lipinski definition) is 1. The molecule has 1 aromatic heterocycles. The van der Waals surface area contributed by atoms with Gasteiger partial charge in [-0.2, -0.15) is 9.90 Å². The highest BCUT2D eigenvalue weighted by atomic mass is 16.2. The zero-order valence-electron chi connectivity index (χ0n) is 15.0. The number of carbonyl (C=O) groups is 1. The Morgan fingerprint density at radius 1 is 1.15 bits per heavy atom. The molecule has 3 rings (SSSR count). The Labute approximate surface area is 151 Å². The van der Waals surface area contributed by atoms with Crippen LogP contribution in [0.3, 0.4) is 0 Å². The Bertz CT molecular complexity index is 946. The van der Waals surface area contributed by atoms with Gasteiger partial charge in [0.2, 0.25) is 5.82 Å². The molecule has 2 aromatic carbocycles. The summed E-state index contributed by atoms with van der Waals surface area (Å²) in [5.41, 5.74) is 7.40. The molecule has 0 aliphatic carbocycles. The number of aromatic nitrogens is 4. The molecule has 0 atom stereocenters. The third kappa shape index (κ3) is 4.18. The van der Waals surface area contributed by atoms with Crippen LogP contribution in [0.15, 0.2) is 53.6 Å². The normalized spacial score (nSPS) is 11.4. The summed E-state index contributed by atoms with van der Waals surface area (Å²) in [7, 11) is 0. The maximum absolute atomic E-state index is 12.1. The zero-order chi connectivity index (χ0) is 18.5. The lowest BCUT2D eigenvalue weighted by Crippen LogP contribution is -2.25. The number of hydrogen-bond acceptors (Lipinski definition) is 5. The van der Waals surface area contributed by atoms with Crippen LogP contribution in [0, 0.1) is 13.8 Å². The second-order valence-corrected chi connectivity index (χ2v) is 6.06. The van der Waals surface area contributed by atoms with Crippen molar-refractivity contribution in [3.8, 4) is 11.4 Å². The van der Waals surface area contributed by atoms with E-state index in [9.17, 15) is 4.79 Å². The molecule has 3 aromatic rings. The average Bonchev–Trinajstić information content (AvgIpc) is 3.11. The third-order valence-corrected chi connectivity index (χ3v) is 3.90. The van der Waals surface area contributed by atoms with Crippen molar-refractivity contribution in [2.45, 2.75) is 27.3 Å². The van der Waals surface area contributed by atoms with E-state index in [0.29, 0.717) is 5.82 Å². The Hall–Kier alpha value is -3.35. The van der Waals surface area contributed by atoms with Crippen molar-refractivity contribution in [3.63, 3.8) is 0 Å². The number of aryl methyl sites for hydroxylation is 2. The van der Waals surface area contributed by atoms with Crippen molar-refractivity contribution in [1.82, 2.24) is 25.6 Å². The molecule has 7 nitrogen and oxygen atoms in total. The van der Waals surface area contributed by atoms with Crippen LogP contribution < -0.4 is 5.43 Å². The predicted molar refractivity (Wildman–Crippen MR) is 99.5 cm³/mol. The van der Waals surface area contributed by atoms with E-state index in [1.807, 2.05) is 69.3 Å². The molecule has 0 aliphatic heterocycles. The van der Waals surface area contributed by atoms with Crippen molar-refractivity contribution in [2.75, 3.05) is 0 Å². The van der Waals surface area contributed by atoms with Gasteiger partial charge in [0.25, 0.3) is 5.91 Å². The van der Waals surface area contributed by atoms with Gasteiger partial charge >= 0.3 is 0 Å². The number of carbonyl (C=O) groups excluding carboxylic acids is 1. The molecule has 0 saturated heterocycles. The lowest BCUT2D eigenvalue weighted by atomic mass is 10.0. The molecule has 0 spiro atoms. The molecule has 7 heteroatoms. The fourth-order valence-electron chi connectivity index (χ4n) is 2.51. The number of benzene rings is 2. The third-order valence-electron chi connectivity index (χ3n) is 3.90. The first-order valence-corrected chi connectivity index (χ1v) is 8.27. The van der Waals surface area contributed by atoms with Gasteiger partial charge in [-0.3, -0.25) is 4.79 Å². The summed E-state index contributed by atoms with van der Waals surface area (Å²) in [5.74, 6) is 0.167. The maximum atomic E-state index is 12.1. The number of rotatable bonds is 5. The molecule has 1 heterocycles. The minimum atomic E-state index is -0.313. The number of nitrogens with zero attached hydrogens (tertiary/aromatic N) is 5. The highest BCUT2D eigenvalue weighted by Gasteiger charge is 2.09. The van der Waals surface area contributed by atoms with E-state index < -0.39 is 0 Å². The van der Waals surface area contributed by atoms with Gasteiger partial charge in [0.1, 0.15) is 6.54 Å². The average molecular weight is 348 g/mol. The fourth-order valence-corrected chi connectivity index (χ4v) is 2.51. The molecule has 0 radical (unpaired) electrons. The van der Waals surface area contributed by atoms with Gasteiger partial charge in [-0.25, -0.2) is 5.43 Å². The van der Waals surface area contributed by atoms with Crippen molar-refractivity contribution in [1.29, 1.82) is 0 Å². The second-order valence-electron chi connectivity index (χ2n) is 6.06. The summed E-state index contributed by atoms with van der Waals surface area (Å²) in [5, 5.41) is 16.3. The number of hydrazone groups is 1. The van der Waals surface area contributed by atoms with Gasteiger partial charge in [0, 0.05) is 11.1 Å². The van der Waals surface area contributed by atoms with E-state index in [-0.39, 0.29) is 12.5 Å². The minimum absolute atomic E-state index is 0.0522. The minimum Gasteiger partial charge on any atom is -0.271 e. The summed E-state index contributed by atoms with van der Waals surface area (Å²) < 4.78 is 0. The molecule has 0 aliphatic rings. The highest BCUT2D eigenvalue weighted by molar-refractivity contribution is 6.00. The molecule has 0 bridgehead atoms. The van der Waals surface area contributed by atoms with Crippen LogP contribution in [0.4, 0.5) is 0 Å². The summed E-state index contributed by atoms with van der Waals surface area (Å²) in [6, 6.07) is 15.6. The van der Waals surface area contributed by atoms with E-state index in [0.717, 1.165) is 28.0 Å². The molecule has 1 N–H and O–H groups in total. The molecule has 132 valence electrons.